The smallest absolute Gasteiger partial charge is 0.264 e. The summed E-state index contributed by atoms with van der Waals surface area (Å²) in [6.45, 7) is 5.13. The molecule has 1 rings (SSSR count). The van der Waals surface area contributed by atoms with Crippen LogP contribution in [0.25, 0.3) is 0 Å². The molecule has 0 aliphatic heterocycles. The van der Waals surface area contributed by atoms with E-state index in [-0.39, 0.29) is 5.56 Å². The van der Waals surface area contributed by atoms with Gasteiger partial charge in [-0.2, -0.15) is 0 Å². The third-order valence-corrected chi connectivity index (χ3v) is 3.63. The second kappa shape index (κ2) is 6.84. The highest BCUT2D eigenvalue weighted by Gasteiger charge is 2.09. The van der Waals surface area contributed by atoms with Gasteiger partial charge in [0.1, 0.15) is 0 Å². The number of pyridine rings is 1. The number of aromatic nitrogens is 1. The van der Waals surface area contributed by atoms with E-state index in [4.69, 9.17) is 5.73 Å². The molecule has 3 nitrogen and oxygen atoms in total. The summed E-state index contributed by atoms with van der Waals surface area (Å²) in [5, 5.41) is 0. The Hall–Kier alpha value is -0.770. The fraction of sp³-hybridized carbons (Fsp3) is 0.615. The third kappa shape index (κ3) is 4.19. The van der Waals surface area contributed by atoms with Crippen molar-refractivity contribution in [1.29, 1.82) is 0 Å². The molecule has 1 heterocycles. The summed E-state index contributed by atoms with van der Waals surface area (Å²) in [6.07, 6.45) is 6.43. The van der Waals surface area contributed by atoms with Gasteiger partial charge < -0.3 is 10.3 Å². The molecular formula is C13H21BrN2O. The van der Waals surface area contributed by atoms with Crippen molar-refractivity contribution in [2.75, 3.05) is 5.73 Å². The average molecular weight is 301 g/mol. The van der Waals surface area contributed by atoms with Gasteiger partial charge in [-0.05, 0) is 34.3 Å². The highest BCUT2D eigenvalue weighted by molar-refractivity contribution is 9.10. The number of nitrogens with zero attached hydrogens (tertiary/aromatic N) is 1. The first-order valence-corrected chi connectivity index (χ1v) is 7.03. The van der Waals surface area contributed by atoms with Crippen molar-refractivity contribution in [2.24, 2.45) is 5.92 Å². The summed E-state index contributed by atoms with van der Waals surface area (Å²) in [5.74, 6) is 0.557. The van der Waals surface area contributed by atoms with Crippen LogP contribution in [0.15, 0.2) is 21.5 Å². The van der Waals surface area contributed by atoms with E-state index in [1.54, 1.807) is 16.8 Å². The fourth-order valence-electron chi connectivity index (χ4n) is 1.95. The largest absolute Gasteiger partial charge is 0.398 e. The SMILES string of the molecule is CCCCC(CC)Cn1cc(N)cc(Br)c1=O. The summed E-state index contributed by atoms with van der Waals surface area (Å²) in [5.41, 5.74) is 6.39. The van der Waals surface area contributed by atoms with Crippen LogP contribution in [0.4, 0.5) is 5.69 Å². The first-order chi connectivity index (χ1) is 8.08. The predicted molar refractivity (Wildman–Crippen MR) is 76.1 cm³/mol. The van der Waals surface area contributed by atoms with Gasteiger partial charge in [0.2, 0.25) is 0 Å². The Bertz CT molecular complexity index is 414. The van der Waals surface area contributed by atoms with Gasteiger partial charge in [-0.15, -0.1) is 0 Å². The topological polar surface area (TPSA) is 48.0 Å². The number of halogens is 1. The maximum atomic E-state index is 11.9. The van der Waals surface area contributed by atoms with Crippen molar-refractivity contribution in [2.45, 2.75) is 46.1 Å². The Morgan fingerprint density at radius 3 is 2.76 bits per heavy atom. The molecule has 1 aromatic rings. The first kappa shape index (κ1) is 14.3. The molecule has 4 heteroatoms. The number of nitrogen functional groups attached to an aromatic ring is 1. The molecule has 2 N–H and O–H groups in total. The van der Waals surface area contributed by atoms with Crippen molar-refractivity contribution >= 4 is 21.6 Å². The number of rotatable bonds is 6. The molecule has 1 atom stereocenters. The molecule has 1 unspecified atom stereocenters. The number of nitrogens with two attached hydrogens (primary N) is 1. The minimum absolute atomic E-state index is 0.00847. The van der Waals surface area contributed by atoms with Crippen LogP contribution in [0, 0.1) is 5.92 Å². The van der Waals surface area contributed by atoms with Gasteiger partial charge in [0, 0.05) is 18.4 Å². The van der Waals surface area contributed by atoms with Crippen LogP contribution in [-0.4, -0.2) is 4.57 Å². The number of hydrogen-bond donors (Lipinski definition) is 1. The molecular weight excluding hydrogens is 280 g/mol. The van der Waals surface area contributed by atoms with Crippen LogP contribution in [0.1, 0.15) is 39.5 Å². The van der Waals surface area contributed by atoms with Crippen molar-refractivity contribution in [3.05, 3.63) is 27.1 Å². The van der Waals surface area contributed by atoms with Crippen LogP contribution in [0.2, 0.25) is 0 Å². The zero-order chi connectivity index (χ0) is 12.8. The van der Waals surface area contributed by atoms with Crippen LogP contribution in [0.5, 0.6) is 0 Å². The van der Waals surface area contributed by atoms with E-state index in [1.165, 1.54) is 19.3 Å². The molecule has 0 bridgehead atoms. The van der Waals surface area contributed by atoms with E-state index in [9.17, 15) is 4.79 Å². The molecule has 96 valence electrons. The molecule has 0 saturated heterocycles. The zero-order valence-corrected chi connectivity index (χ0v) is 12.2. The Morgan fingerprint density at radius 2 is 2.18 bits per heavy atom. The van der Waals surface area contributed by atoms with Gasteiger partial charge in [-0.25, -0.2) is 0 Å². The molecule has 1 aromatic heterocycles. The van der Waals surface area contributed by atoms with E-state index in [2.05, 4.69) is 29.8 Å². The van der Waals surface area contributed by atoms with Crippen molar-refractivity contribution in [3.63, 3.8) is 0 Å². The monoisotopic (exact) mass is 300 g/mol. The molecule has 0 spiro atoms. The molecule has 0 saturated carbocycles. The van der Waals surface area contributed by atoms with Gasteiger partial charge in [-0.3, -0.25) is 4.79 Å². The lowest BCUT2D eigenvalue weighted by Gasteiger charge is -2.16. The number of anilines is 1. The highest BCUT2D eigenvalue weighted by Crippen LogP contribution is 2.16. The van der Waals surface area contributed by atoms with Gasteiger partial charge >= 0.3 is 0 Å². The Kier molecular flexibility index (Phi) is 5.75. The minimum Gasteiger partial charge on any atom is -0.398 e. The Morgan fingerprint density at radius 1 is 1.47 bits per heavy atom. The molecule has 0 radical (unpaired) electrons. The quantitative estimate of drug-likeness (QED) is 0.875. The van der Waals surface area contributed by atoms with E-state index < -0.39 is 0 Å². The maximum Gasteiger partial charge on any atom is 0.264 e. The summed E-state index contributed by atoms with van der Waals surface area (Å²) < 4.78 is 2.27. The Labute approximate surface area is 111 Å². The zero-order valence-electron chi connectivity index (χ0n) is 10.6. The van der Waals surface area contributed by atoms with Gasteiger partial charge in [-0.1, -0.05) is 33.1 Å². The van der Waals surface area contributed by atoms with E-state index in [0.29, 0.717) is 16.1 Å². The van der Waals surface area contributed by atoms with Crippen molar-refractivity contribution in [1.82, 2.24) is 4.57 Å². The number of hydrogen-bond acceptors (Lipinski definition) is 2. The van der Waals surface area contributed by atoms with Crippen molar-refractivity contribution < 1.29 is 0 Å². The van der Waals surface area contributed by atoms with Crippen LogP contribution in [0.3, 0.4) is 0 Å². The van der Waals surface area contributed by atoms with E-state index >= 15 is 0 Å². The van der Waals surface area contributed by atoms with Gasteiger partial charge in [0.25, 0.3) is 5.56 Å². The second-order valence-corrected chi connectivity index (χ2v) is 5.35. The lowest BCUT2D eigenvalue weighted by atomic mass is 9.99. The first-order valence-electron chi connectivity index (χ1n) is 6.23. The summed E-state index contributed by atoms with van der Waals surface area (Å²) in [7, 11) is 0. The lowest BCUT2D eigenvalue weighted by molar-refractivity contribution is 0.385. The highest BCUT2D eigenvalue weighted by atomic mass is 79.9. The van der Waals surface area contributed by atoms with Crippen LogP contribution in [-0.2, 0) is 6.54 Å². The standard InChI is InChI=1S/C13H21BrN2O/c1-3-5-6-10(4-2)8-16-9-11(15)7-12(14)13(16)17/h7,9-10H,3-6,8,15H2,1-2H3. The van der Waals surface area contributed by atoms with Crippen LogP contribution >= 0.6 is 15.9 Å². The molecule has 0 aromatic carbocycles. The molecule has 0 amide bonds. The van der Waals surface area contributed by atoms with Crippen LogP contribution < -0.4 is 11.3 Å². The van der Waals surface area contributed by atoms with E-state index in [1.807, 2.05) is 0 Å². The number of unbranched alkanes of at least 4 members (excludes halogenated alkanes) is 1. The summed E-state index contributed by atoms with van der Waals surface area (Å²) in [4.78, 5) is 11.9. The average Bonchev–Trinajstić information content (AvgIpc) is 2.30. The molecule has 0 fully saturated rings. The summed E-state index contributed by atoms with van der Waals surface area (Å²) in [6, 6.07) is 1.66. The molecule has 0 aliphatic rings. The fourth-order valence-corrected chi connectivity index (χ4v) is 2.44. The van der Waals surface area contributed by atoms with Gasteiger partial charge in [0.05, 0.1) is 4.47 Å². The molecule has 17 heavy (non-hydrogen) atoms. The second-order valence-electron chi connectivity index (χ2n) is 4.50. The lowest BCUT2D eigenvalue weighted by Crippen LogP contribution is -2.24. The summed E-state index contributed by atoms with van der Waals surface area (Å²) >= 11 is 3.25. The minimum atomic E-state index is 0.00847. The molecule has 0 aliphatic carbocycles. The Balaban J connectivity index is 2.82. The van der Waals surface area contributed by atoms with Gasteiger partial charge in [0.15, 0.2) is 0 Å². The predicted octanol–water partition coefficient (Wildman–Crippen LogP) is 3.41. The van der Waals surface area contributed by atoms with E-state index in [0.717, 1.165) is 13.0 Å². The third-order valence-electron chi connectivity index (χ3n) is 3.06. The normalized spacial score (nSPS) is 12.6. The van der Waals surface area contributed by atoms with Crippen molar-refractivity contribution in [3.8, 4) is 0 Å². The maximum absolute atomic E-state index is 11.9.